The van der Waals surface area contributed by atoms with Gasteiger partial charge in [0.15, 0.2) is 5.82 Å². The lowest BCUT2D eigenvalue weighted by Gasteiger charge is -2.34. The third kappa shape index (κ3) is 4.74. The summed E-state index contributed by atoms with van der Waals surface area (Å²) < 4.78 is 4.96. The van der Waals surface area contributed by atoms with Crippen molar-refractivity contribution in [3.05, 3.63) is 52.9 Å². The van der Waals surface area contributed by atoms with E-state index in [0.29, 0.717) is 44.2 Å². The van der Waals surface area contributed by atoms with Gasteiger partial charge >= 0.3 is 0 Å². The van der Waals surface area contributed by atoms with E-state index in [1.807, 2.05) is 34.9 Å². The highest BCUT2D eigenvalue weighted by Crippen LogP contribution is 2.23. The first-order chi connectivity index (χ1) is 14.9. The minimum atomic E-state index is -0.137. The molecule has 1 fully saturated rings. The fourth-order valence-electron chi connectivity index (χ4n) is 4.06. The Morgan fingerprint density at radius 3 is 2.55 bits per heavy atom. The number of anilines is 1. The molecular weight excluding hydrogens is 394 g/mol. The molecule has 162 valence electrons. The van der Waals surface area contributed by atoms with E-state index >= 15 is 0 Å². The van der Waals surface area contributed by atoms with Gasteiger partial charge in [-0.3, -0.25) is 19.5 Å². The zero-order valence-electron chi connectivity index (χ0n) is 18.1. The molecule has 2 amide bonds. The SMILES string of the molecule is Cc1cc(NC(=O)CN2CCN(C(=O)Cc3c(C)nc4ccccc4c3C)CC2)no1. The number of hydrogen-bond acceptors (Lipinski definition) is 6. The Hall–Kier alpha value is -3.26. The summed E-state index contributed by atoms with van der Waals surface area (Å²) in [6.07, 6.45) is 0.349. The van der Waals surface area contributed by atoms with Crippen molar-refractivity contribution in [2.45, 2.75) is 27.2 Å². The first-order valence-corrected chi connectivity index (χ1v) is 10.5. The number of carbonyl (C=O) groups excluding carboxylic acids is 2. The molecule has 0 atom stereocenters. The van der Waals surface area contributed by atoms with Gasteiger partial charge in [-0.15, -0.1) is 0 Å². The van der Waals surface area contributed by atoms with Crippen molar-refractivity contribution in [2.24, 2.45) is 0 Å². The Morgan fingerprint density at radius 2 is 1.84 bits per heavy atom. The van der Waals surface area contributed by atoms with Gasteiger partial charge in [-0.25, -0.2) is 0 Å². The highest BCUT2D eigenvalue weighted by Gasteiger charge is 2.24. The second-order valence-corrected chi connectivity index (χ2v) is 8.02. The number of para-hydroxylation sites is 1. The summed E-state index contributed by atoms with van der Waals surface area (Å²) in [5, 5.41) is 7.60. The molecule has 0 aliphatic carbocycles. The summed E-state index contributed by atoms with van der Waals surface area (Å²) in [7, 11) is 0. The molecule has 8 heteroatoms. The van der Waals surface area contributed by atoms with Gasteiger partial charge in [-0.05, 0) is 38.0 Å². The van der Waals surface area contributed by atoms with E-state index in [4.69, 9.17) is 4.52 Å². The van der Waals surface area contributed by atoms with Crippen molar-refractivity contribution in [3.8, 4) is 0 Å². The van der Waals surface area contributed by atoms with Crippen LogP contribution >= 0.6 is 0 Å². The maximum Gasteiger partial charge on any atom is 0.239 e. The molecule has 1 N–H and O–H groups in total. The number of aromatic nitrogens is 2. The fourth-order valence-corrected chi connectivity index (χ4v) is 4.06. The quantitative estimate of drug-likeness (QED) is 0.681. The molecular formula is C23H27N5O3. The number of aryl methyl sites for hydroxylation is 3. The van der Waals surface area contributed by atoms with E-state index in [-0.39, 0.29) is 18.4 Å². The topological polar surface area (TPSA) is 91.6 Å². The number of hydrogen-bond donors (Lipinski definition) is 1. The number of benzene rings is 1. The van der Waals surface area contributed by atoms with Crippen molar-refractivity contribution < 1.29 is 14.1 Å². The summed E-state index contributed by atoms with van der Waals surface area (Å²) in [6.45, 7) is 8.59. The number of amides is 2. The van der Waals surface area contributed by atoms with Gasteiger partial charge in [0.2, 0.25) is 11.8 Å². The first-order valence-electron chi connectivity index (χ1n) is 10.5. The second-order valence-electron chi connectivity index (χ2n) is 8.02. The van der Waals surface area contributed by atoms with Gasteiger partial charge < -0.3 is 14.7 Å². The van der Waals surface area contributed by atoms with E-state index in [1.165, 1.54) is 0 Å². The van der Waals surface area contributed by atoms with Crippen LogP contribution in [0, 0.1) is 20.8 Å². The lowest BCUT2D eigenvalue weighted by Crippen LogP contribution is -2.50. The van der Waals surface area contributed by atoms with Crippen molar-refractivity contribution in [3.63, 3.8) is 0 Å². The van der Waals surface area contributed by atoms with Crippen LogP contribution in [0.3, 0.4) is 0 Å². The predicted octanol–water partition coefficient (Wildman–Crippen LogP) is 2.47. The maximum absolute atomic E-state index is 13.0. The molecule has 0 bridgehead atoms. The van der Waals surface area contributed by atoms with Crippen LogP contribution in [-0.2, 0) is 16.0 Å². The number of nitrogens with one attached hydrogen (secondary N) is 1. The molecule has 0 radical (unpaired) electrons. The van der Waals surface area contributed by atoms with Crippen LogP contribution in [0.4, 0.5) is 5.82 Å². The molecule has 1 saturated heterocycles. The van der Waals surface area contributed by atoms with E-state index in [9.17, 15) is 9.59 Å². The third-order valence-electron chi connectivity index (χ3n) is 5.80. The zero-order valence-corrected chi connectivity index (χ0v) is 18.1. The van der Waals surface area contributed by atoms with Gasteiger partial charge in [0.1, 0.15) is 5.76 Å². The molecule has 0 spiro atoms. The summed E-state index contributed by atoms with van der Waals surface area (Å²) in [6, 6.07) is 9.71. The summed E-state index contributed by atoms with van der Waals surface area (Å²) in [4.78, 5) is 33.8. The van der Waals surface area contributed by atoms with Crippen molar-refractivity contribution in [1.82, 2.24) is 19.9 Å². The van der Waals surface area contributed by atoms with Crippen LogP contribution < -0.4 is 5.32 Å². The lowest BCUT2D eigenvalue weighted by molar-refractivity contribution is -0.132. The van der Waals surface area contributed by atoms with E-state index < -0.39 is 0 Å². The summed E-state index contributed by atoms with van der Waals surface area (Å²) in [5.41, 5.74) is 3.99. The van der Waals surface area contributed by atoms with Crippen molar-refractivity contribution >= 4 is 28.5 Å². The Bertz CT molecular complexity index is 1120. The molecule has 2 aromatic heterocycles. The number of carbonyl (C=O) groups is 2. The molecule has 1 aliphatic heterocycles. The van der Waals surface area contributed by atoms with Gasteiger partial charge in [0, 0.05) is 43.3 Å². The van der Waals surface area contributed by atoms with Gasteiger partial charge in [0.05, 0.1) is 18.5 Å². The lowest BCUT2D eigenvalue weighted by atomic mass is 9.99. The number of pyridine rings is 1. The molecule has 3 heterocycles. The fraction of sp³-hybridized carbons (Fsp3) is 0.391. The van der Waals surface area contributed by atoms with Crippen LogP contribution in [0.1, 0.15) is 22.6 Å². The smallest absolute Gasteiger partial charge is 0.239 e. The van der Waals surface area contributed by atoms with E-state index in [1.54, 1.807) is 13.0 Å². The number of rotatable bonds is 5. The number of fused-ring (bicyclic) bond motifs is 1. The van der Waals surface area contributed by atoms with Crippen molar-refractivity contribution in [2.75, 3.05) is 38.0 Å². The Labute approximate surface area is 181 Å². The van der Waals surface area contributed by atoms with E-state index in [2.05, 4.69) is 28.4 Å². The Balaban J connectivity index is 1.32. The molecule has 1 aliphatic rings. The third-order valence-corrected chi connectivity index (χ3v) is 5.80. The highest BCUT2D eigenvalue weighted by atomic mass is 16.5. The molecule has 3 aromatic rings. The molecule has 4 rings (SSSR count). The Kier molecular flexibility index (Phi) is 5.99. The van der Waals surface area contributed by atoms with Crippen LogP contribution in [0.2, 0.25) is 0 Å². The van der Waals surface area contributed by atoms with E-state index in [0.717, 1.165) is 27.7 Å². The van der Waals surface area contributed by atoms with Crippen LogP contribution in [0.25, 0.3) is 10.9 Å². The summed E-state index contributed by atoms with van der Waals surface area (Å²) in [5.74, 6) is 1.03. The second kappa shape index (κ2) is 8.85. The van der Waals surface area contributed by atoms with Crippen LogP contribution in [0.15, 0.2) is 34.9 Å². The molecule has 31 heavy (non-hydrogen) atoms. The zero-order chi connectivity index (χ0) is 22.0. The van der Waals surface area contributed by atoms with Crippen LogP contribution in [0.5, 0.6) is 0 Å². The van der Waals surface area contributed by atoms with Gasteiger partial charge in [-0.1, -0.05) is 23.4 Å². The first kappa shape index (κ1) is 21.0. The predicted molar refractivity (Wildman–Crippen MR) is 118 cm³/mol. The van der Waals surface area contributed by atoms with Gasteiger partial charge in [0.25, 0.3) is 0 Å². The largest absolute Gasteiger partial charge is 0.360 e. The Morgan fingerprint density at radius 1 is 1.10 bits per heavy atom. The molecule has 0 unspecified atom stereocenters. The normalized spacial score (nSPS) is 14.7. The average molecular weight is 422 g/mol. The average Bonchev–Trinajstić information content (AvgIpc) is 3.15. The molecule has 0 saturated carbocycles. The monoisotopic (exact) mass is 421 g/mol. The van der Waals surface area contributed by atoms with Crippen molar-refractivity contribution in [1.29, 1.82) is 0 Å². The highest BCUT2D eigenvalue weighted by molar-refractivity contribution is 5.91. The summed E-state index contributed by atoms with van der Waals surface area (Å²) >= 11 is 0. The molecule has 8 nitrogen and oxygen atoms in total. The minimum Gasteiger partial charge on any atom is -0.360 e. The number of nitrogens with zero attached hydrogens (tertiary/aromatic N) is 4. The molecule has 1 aromatic carbocycles. The van der Waals surface area contributed by atoms with Crippen LogP contribution in [-0.4, -0.2) is 64.5 Å². The van der Waals surface area contributed by atoms with Gasteiger partial charge in [-0.2, -0.15) is 0 Å². The number of piperazine rings is 1. The standard InChI is InChI=1S/C23H27N5O3/c1-15-12-21(26-31-15)25-22(29)14-27-8-10-28(11-9-27)23(30)13-19-16(2)18-6-4-5-7-20(18)24-17(19)3/h4-7,12H,8-11,13-14H2,1-3H3,(H,25,26,29). The minimum absolute atomic E-state index is 0.102. The maximum atomic E-state index is 13.0.